The molecule has 102 valence electrons. The molecule has 1 aromatic carbocycles. The molecule has 0 saturated heterocycles. The van der Waals surface area contributed by atoms with Gasteiger partial charge >= 0.3 is 5.97 Å². The van der Waals surface area contributed by atoms with E-state index in [0.717, 1.165) is 0 Å². The normalized spacial score (nSPS) is 20.7. The zero-order valence-electron chi connectivity index (χ0n) is 9.95. The Bertz CT molecular complexity index is 493. The lowest BCUT2D eigenvalue weighted by Crippen LogP contribution is -2.17. The van der Waals surface area contributed by atoms with Crippen LogP contribution in [-0.2, 0) is 9.53 Å². The Kier molecular flexibility index (Phi) is 4.21. The Morgan fingerprint density at radius 3 is 2.89 bits per heavy atom. The lowest BCUT2D eigenvalue weighted by molar-refractivity contribution is -0.497. The predicted molar refractivity (Wildman–Crippen MR) is 66.8 cm³/mol. The number of carbonyl (C=O) groups is 1. The summed E-state index contributed by atoms with van der Waals surface area (Å²) in [6, 6.07) is 6.07. The molecule has 1 aliphatic carbocycles. The highest BCUT2D eigenvalue weighted by Crippen LogP contribution is 2.33. The Balaban J connectivity index is 1.65. The van der Waals surface area contributed by atoms with Gasteiger partial charge in [0.2, 0.25) is 6.04 Å². The molecule has 0 amide bonds. The first-order valence-electron chi connectivity index (χ1n) is 5.76. The Morgan fingerprint density at radius 2 is 2.26 bits per heavy atom. The van der Waals surface area contributed by atoms with Gasteiger partial charge in [-0.1, -0.05) is 17.7 Å². The SMILES string of the molecule is O=C(OCCOc1cccc(Cl)c1)C1CC1[N+](=O)[O-]. The lowest BCUT2D eigenvalue weighted by Gasteiger charge is -2.07. The van der Waals surface area contributed by atoms with Gasteiger partial charge in [-0.05, 0) is 18.2 Å². The van der Waals surface area contributed by atoms with Crippen LogP contribution in [-0.4, -0.2) is 30.1 Å². The molecule has 2 atom stereocenters. The fraction of sp³-hybridized carbons (Fsp3) is 0.417. The first kappa shape index (κ1) is 13.6. The fourth-order valence-electron chi connectivity index (χ4n) is 1.63. The van der Waals surface area contributed by atoms with Gasteiger partial charge in [0.15, 0.2) is 0 Å². The van der Waals surface area contributed by atoms with Crippen molar-refractivity contribution in [2.45, 2.75) is 12.5 Å². The average molecular weight is 286 g/mol. The van der Waals surface area contributed by atoms with Crippen molar-refractivity contribution in [1.29, 1.82) is 0 Å². The maximum atomic E-state index is 11.4. The van der Waals surface area contributed by atoms with Crippen molar-refractivity contribution in [1.82, 2.24) is 0 Å². The predicted octanol–water partition coefficient (Wildman–Crippen LogP) is 1.93. The van der Waals surface area contributed by atoms with Gasteiger partial charge in [0.05, 0.1) is 0 Å². The summed E-state index contributed by atoms with van der Waals surface area (Å²) in [5, 5.41) is 10.9. The monoisotopic (exact) mass is 285 g/mol. The molecule has 7 heteroatoms. The number of rotatable bonds is 6. The number of ether oxygens (including phenoxy) is 2. The maximum Gasteiger partial charge on any atom is 0.316 e. The molecular formula is C12H12ClNO5. The average Bonchev–Trinajstić information content (AvgIpc) is 3.15. The third-order valence-electron chi connectivity index (χ3n) is 2.72. The van der Waals surface area contributed by atoms with E-state index < -0.39 is 22.9 Å². The number of nitrogens with zero attached hydrogens (tertiary/aromatic N) is 1. The molecule has 0 aromatic heterocycles. The summed E-state index contributed by atoms with van der Waals surface area (Å²) in [6.45, 7) is 0.244. The number of halogens is 1. The molecule has 19 heavy (non-hydrogen) atoms. The largest absolute Gasteiger partial charge is 0.490 e. The van der Waals surface area contributed by atoms with Gasteiger partial charge in [0.1, 0.15) is 24.9 Å². The summed E-state index contributed by atoms with van der Waals surface area (Å²) in [5.74, 6) is -0.546. The molecule has 0 radical (unpaired) electrons. The van der Waals surface area contributed by atoms with Gasteiger partial charge in [-0.15, -0.1) is 0 Å². The molecule has 1 fully saturated rings. The molecule has 0 heterocycles. The first-order valence-corrected chi connectivity index (χ1v) is 6.14. The molecular weight excluding hydrogens is 274 g/mol. The summed E-state index contributed by atoms with van der Waals surface area (Å²) >= 11 is 5.77. The molecule has 2 rings (SSSR count). The molecule has 0 spiro atoms. The Morgan fingerprint density at radius 1 is 1.47 bits per heavy atom. The zero-order chi connectivity index (χ0) is 13.8. The number of esters is 1. The van der Waals surface area contributed by atoms with Gasteiger partial charge in [0, 0.05) is 16.4 Å². The van der Waals surface area contributed by atoms with Crippen LogP contribution in [0.25, 0.3) is 0 Å². The van der Waals surface area contributed by atoms with E-state index in [1.54, 1.807) is 24.3 Å². The minimum Gasteiger partial charge on any atom is -0.490 e. The van der Waals surface area contributed by atoms with Crippen LogP contribution in [0, 0.1) is 16.0 Å². The van der Waals surface area contributed by atoms with E-state index in [0.29, 0.717) is 10.8 Å². The van der Waals surface area contributed by atoms with Gasteiger partial charge in [0.25, 0.3) is 0 Å². The number of benzene rings is 1. The van der Waals surface area contributed by atoms with Crippen molar-refractivity contribution in [2.75, 3.05) is 13.2 Å². The highest BCUT2D eigenvalue weighted by atomic mass is 35.5. The van der Waals surface area contributed by atoms with Crippen LogP contribution in [0.4, 0.5) is 0 Å². The molecule has 1 aromatic rings. The van der Waals surface area contributed by atoms with Crippen LogP contribution in [0.1, 0.15) is 6.42 Å². The van der Waals surface area contributed by atoms with Crippen LogP contribution in [0.5, 0.6) is 5.75 Å². The van der Waals surface area contributed by atoms with E-state index in [2.05, 4.69) is 0 Å². The fourth-order valence-corrected chi connectivity index (χ4v) is 1.81. The summed E-state index contributed by atoms with van der Waals surface area (Å²) in [6.07, 6.45) is 0.265. The van der Waals surface area contributed by atoms with E-state index in [-0.39, 0.29) is 19.6 Å². The van der Waals surface area contributed by atoms with Crippen molar-refractivity contribution >= 4 is 17.6 Å². The second-order valence-corrected chi connectivity index (χ2v) is 4.60. The van der Waals surface area contributed by atoms with Gasteiger partial charge in [-0.25, -0.2) is 0 Å². The van der Waals surface area contributed by atoms with Gasteiger partial charge in [-0.3, -0.25) is 14.9 Å². The molecule has 0 aliphatic heterocycles. The van der Waals surface area contributed by atoms with Gasteiger partial charge < -0.3 is 9.47 Å². The summed E-state index contributed by atoms with van der Waals surface area (Å²) < 4.78 is 10.2. The second-order valence-electron chi connectivity index (χ2n) is 4.17. The zero-order valence-corrected chi connectivity index (χ0v) is 10.7. The third-order valence-corrected chi connectivity index (χ3v) is 2.96. The van der Waals surface area contributed by atoms with Crippen molar-refractivity contribution < 1.29 is 19.2 Å². The summed E-state index contributed by atoms with van der Waals surface area (Å²) in [4.78, 5) is 21.3. The first-order chi connectivity index (χ1) is 9.08. The van der Waals surface area contributed by atoms with Gasteiger partial charge in [-0.2, -0.15) is 0 Å². The molecule has 6 nitrogen and oxygen atoms in total. The van der Waals surface area contributed by atoms with Crippen LogP contribution < -0.4 is 4.74 Å². The van der Waals surface area contributed by atoms with E-state index in [1.807, 2.05) is 0 Å². The number of carbonyl (C=O) groups excluding carboxylic acids is 1. The quantitative estimate of drug-likeness (QED) is 0.345. The van der Waals surface area contributed by atoms with Crippen LogP contribution in [0.2, 0.25) is 5.02 Å². The number of hydrogen-bond acceptors (Lipinski definition) is 5. The van der Waals surface area contributed by atoms with Crippen LogP contribution >= 0.6 is 11.6 Å². The maximum absolute atomic E-state index is 11.4. The summed E-state index contributed by atoms with van der Waals surface area (Å²) in [5.41, 5.74) is 0. The highest BCUT2D eigenvalue weighted by Gasteiger charge is 2.54. The van der Waals surface area contributed by atoms with Crippen molar-refractivity contribution in [2.24, 2.45) is 5.92 Å². The van der Waals surface area contributed by atoms with Crippen molar-refractivity contribution in [3.8, 4) is 5.75 Å². The van der Waals surface area contributed by atoms with Crippen LogP contribution in [0.15, 0.2) is 24.3 Å². The van der Waals surface area contributed by atoms with Crippen molar-refractivity contribution in [3.63, 3.8) is 0 Å². The molecule has 0 bridgehead atoms. The standard InChI is InChI=1S/C12H12ClNO5/c13-8-2-1-3-9(6-8)18-4-5-19-12(15)10-7-11(10)14(16)17/h1-3,6,10-11H,4-5,7H2. The van der Waals surface area contributed by atoms with E-state index in [4.69, 9.17) is 21.1 Å². The minimum atomic E-state index is -0.777. The van der Waals surface area contributed by atoms with Crippen LogP contribution in [0.3, 0.4) is 0 Å². The minimum absolute atomic E-state index is 0.0618. The summed E-state index contributed by atoms with van der Waals surface area (Å²) in [7, 11) is 0. The van der Waals surface area contributed by atoms with E-state index in [1.165, 1.54) is 0 Å². The van der Waals surface area contributed by atoms with E-state index in [9.17, 15) is 14.9 Å². The number of hydrogen-bond donors (Lipinski definition) is 0. The smallest absolute Gasteiger partial charge is 0.316 e. The second kappa shape index (κ2) is 5.88. The molecule has 1 saturated carbocycles. The number of nitro groups is 1. The molecule has 0 N–H and O–H groups in total. The lowest BCUT2D eigenvalue weighted by atomic mass is 10.3. The highest BCUT2D eigenvalue weighted by molar-refractivity contribution is 6.30. The molecule has 1 aliphatic rings. The molecule has 2 unspecified atom stereocenters. The third kappa shape index (κ3) is 3.82. The van der Waals surface area contributed by atoms with Crippen molar-refractivity contribution in [3.05, 3.63) is 39.4 Å². The van der Waals surface area contributed by atoms with E-state index >= 15 is 0 Å². The Labute approximate surface area is 114 Å². The Hall–Kier alpha value is -1.82. The topological polar surface area (TPSA) is 78.7 Å².